The van der Waals surface area contributed by atoms with Gasteiger partial charge in [0.25, 0.3) is 5.91 Å². The van der Waals surface area contributed by atoms with Crippen LogP contribution in [0.4, 0.5) is 0 Å². The number of likely N-dealkylation sites (tertiary alicyclic amines) is 1. The van der Waals surface area contributed by atoms with Crippen molar-refractivity contribution in [1.82, 2.24) is 9.88 Å². The third-order valence-electron chi connectivity index (χ3n) is 2.71. The average Bonchev–Trinajstić information content (AvgIpc) is 2.30. The molecule has 6 heteroatoms. The van der Waals surface area contributed by atoms with Crippen molar-refractivity contribution in [3.05, 3.63) is 30.1 Å². The van der Waals surface area contributed by atoms with Crippen LogP contribution in [-0.2, 0) is 0 Å². The van der Waals surface area contributed by atoms with Crippen LogP contribution >= 0.6 is 24.8 Å². The van der Waals surface area contributed by atoms with Gasteiger partial charge in [0.2, 0.25) is 0 Å². The highest BCUT2D eigenvalue weighted by Gasteiger charge is 2.21. The van der Waals surface area contributed by atoms with Crippen LogP contribution in [-0.4, -0.2) is 34.9 Å². The zero-order valence-corrected chi connectivity index (χ0v) is 11.0. The second-order valence-corrected chi connectivity index (χ2v) is 3.84. The van der Waals surface area contributed by atoms with Gasteiger partial charge in [-0.3, -0.25) is 9.78 Å². The molecule has 17 heavy (non-hydrogen) atoms. The number of aromatic nitrogens is 1. The van der Waals surface area contributed by atoms with Gasteiger partial charge in [0, 0.05) is 25.3 Å². The van der Waals surface area contributed by atoms with E-state index < -0.39 is 0 Å². The summed E-state index contributed by atoms with van der Waals surface area (Å²) in [7, 11) is 0. The van der Waals surface area contributed by atoms with Gasteiger partial charge in [0.15, 0.2) is 0 Å². The second kappa shape index (κ2) is 7.48. The molecule has 2 rings (SSSR count). The Bertz CT molecular complexity index is 340. The van der Waals surface area contributed by atoms with Crippen molar-refractivity contribution in [2.45, 2.75) is 18.9 Å². The molecule has 4 nitrogen and oxygen atoms in total. The first-order chi connectivity index (χ1) is 7.27. The average molecular weight is 278 g/mol. The number of rotatable bonds is 1. The molecule has 0 aliphatic carbocycles. The number of amides is 1. The van der Waals surface area contributed by atoms with Crippen LogP contribution in [0.3, 0.4) is 0 Å². The molecule has 0 bridgehead atoms. The summed E-state index contributed by atoms with van der Waals surface area (Å²) in [6.45, 7) is 1.49. The van der Waals surface area contributed by atoms with Gasteiger partial charge in [-0.15, -0.1) is 24.8 Å². The van der Waals surface area contributed by atoms with Crippen molar-refractivity contribution < 1.29 is 4.79 Å². The van der Waals surface area contributed by atoms with Crippen LogP contribution in [0.1, 0.15) is 23.3 Å². The monoisotopic (exact) mass is 277 g/mol. The highest BCUT2D eigenvalue weighted by atomic mass is 35.5. The Kier molecular flexibility index (Phi) is 7.11. The van der Waals surface area contributed by atoms with Crippen LogP contribution in [0.5, 0.6) is 0 Å². The maximum Gasteiger partial charge on any atom is 0.272 e. The van der Waals surface area contributed by atoms with Crippen LogP contribution in [0.25, 0.3) is 0 Å². The lowest BCUT2D eigenvalue weighted by molar-refractivity contribution is 0.0709. The molecule has 1 aromatic heterocycles. The molecule has 0 spiro atoms. The molecule has 1 amide bonds. The molecule has 96 valence electrons. The van der Waals surface area contributed by atoms with Gasteiger partial charge in [-0.2, -0.15) is 0 Å². The largest absolute Gasteiger partial charge is 0.337 e. The van der Waals surface area contributed by atoms with Gasteiger partial charge >= 0.3 is 0 Å². The molecule has 0 radical (unpaired) electrons. The van der Waals surface area contributed by atoms with Crippen molar-refractivity contribution >= 4 is 30.7 Å². The van der Waals surface area contributed by atoms with E-state index in [1.807, 2.05) is 17.0 Å². The molecule has 1 aliphatic heterocycles. The fourth-order valence-corrected chi connectivity index (χ4v) is 1.75. The Balaban J connectivity index is 0.00000128. The SMILES string of the molecule is Cl.Cl.NC1CCN(C(=O)c2ccccn2)CC1. The normalized spacial score (nSPS) is 15.7. The molecular weight excluding hydrogens is 261 g/mol. The number of nitrogens with zero attached hydrogens (tertiary/aromatic N) is 2. The molecule has 1 aromatic rings. The maximum atomic E-state index is 11.9. The highest BCUT2D eigenvalue weighted by molar-refractivity contribution is 5.92. The lowest BCUT2D eigenvalue weighted by Crippen LogP contribution is -2.43. The van der Waals surface area contributed by atoms with E-state index in [0.29, 0.717) is 5.69 Å². The zero-order valence-electron chi connectivity index (χ0n) is 9.41. The Morgan fingerprint density at radius 3 is 2.47 bits per heavy atom. The van der Waals surface area contributed by atoms with Gasteiger partial charge in [-0.1, -0.05) is 6.07 Å². The Hall–Kier alpha value is -0.840. The van der Waals surface area contributed by atoms with Crippen LogP contribution in [0, 0.1) is 0 Å². The van der Waals surface area contributed by atoms with E-state index in [2.05, 4.69) is 4.98 Å². The molecule has 0 atom stereocenters. The Morgan fingerprint density at radius 2 is 1.94 bits per heavy atom. The predicted octanol–water partition coefficient (Wildman–Crippen LogP) is 1.49. The maximum absolute atomic E-state index is 11.9. The topological polar surface area (TPSA) is 59.2 Å². The summed E-state index contributed by atoms with van der Waals surface area (Å²) < 4.78 is 0. The molecule has 0 aromatic carbocycles. The molecule has 1 fully saturated rings. The molecule has 1 saturated heterocycles. The summed E-state index contributed by atoms with van der Waals surface area (Å²) in [4.78, 5) is 17.8. The third kappa shape index (κ3) is 4.15. The molecule has 0 saturated carbocycles. The first-order valence-electron chi connectivity index (χ1n) is 5.23. The van der Waals surface area contributed by atoms with Crippen LogP contribution in [0.15, 0.2) is 24.4 Å². The van der Waals surface area contributed by atoms with E-state index >= 15 is 0 Å². The van der Waals surface area contributed by atoms with E-state index in [0.717, 1.165) is 25.9 Å². The summed E-state index contributed by atoms with van der Waals surface area (Å²) >= 11 is 0. The first-order valence-corrected chi connectivity index (χ1v) is 5.23. The van der Waals surface area contributed by atoms with E-state index in [1.54, 1.807) is 12.3 Å². The summed E-state index contributed by atoms with van der Waals surface area (Å²) in [6, 6.07) is 5.63. The highest BCUT2D eigenvalue weighted by Crippen LogP contribution is 2.11. The molecule has 0 unspecified atom stereocenters. The van der Waals surface area contributed by atoms with Crippen molar-refractivity contribution in [3.63, 3.8) is 0 Å². The van der Waals surface area contributed by atoms with Gasteiger partial charge in [0.05, 0.1) is 0 Å². The van der Waals surface area contributed by atoms with Crippen molar-refractivity contribution in [1.29, 1.82) is 0 Å². The lowest BCUT2D eigenvalue weighted by Gasteiger charge is -2.29. The smallest absolute Gasteiger partial charge is 0.272 e. The van der Waals surface area contributed by atoms with E-state index in [4.69, 9.17) is 5.73 Å². The summed E-state index contributed by atoms with van der Waals surface area (Å²) in [6.07, 6.45) is 3.42. The number of hydrogen-bond acceptors (Lipinski definition) is 3. The standard InChI is InChI=1S/C11H15N3O.2ClH/c12-9-4-7-14(8-5-9)11(15)10-3-1-2-6-13-10;;/h1-3,6,9H,4-5,7-8,12H2;2*1H. The number of halogens is 2. The summed E-state index contributed by atoms with van der Waals surface area (Å²) in [5, 5.41) is 0. The van der Waals surface area contributed by atoms with Gasteiger partial charge < -0.3 is 10.6 Å². The zero-order chi connectivity index (χ0) is 10.7. The second-order valence-electron chi connectivity index (χ2n) is 3.84. The fraction of sp³-hybridized carbons (Fsp3) is 0.455. The van der Waals surface area contributed by atoms with Crippen molar-refractivity contribution in [2.75, 3.05) is 13.1 Å². The predicted molar refractivity (Wildman–Crippen MR) is 71.8 cm³/mol. The van der Waals surface area contributed by atoms with Crippen LogP contribution < -0.4 is 5.73 Å². The molecule has 1 aliphatic rings. The number of pyridine rings is 1. The molecule has 2 N–H and O–H groups in total. The number of carbonyl (C=O) groups is 1. The quantitative estimate of drug-likeness (QED) is 0.846. The van der Waals surface area contributed by atoms with Crippen molar-refractivity contribution in [3.8, 4) is 0 Å². The summed E-state index contributed by atoms with van der Waals surface area (Å²) in [5.74, 6) is 0.0162. The van der Waals surface area contributed by atoms with E-state index in [1.165, 1.54) is 0 Å². The minimum absolute atomic E-state index is 0. The number of hydrogen-bond donors (Lipinski definition) is 1. The van der Waals surface area contributed by atoms with Crippen LogP contribution in [0.2, 0.25) is 0 Å². The fourth-order valence-electron chi connectivity index (χ4n) is 1.75. The van der Waals surface area contributed by atoms with Gasteiger partial charge in [-0.05, 0) is 25.0 Å². The van der Waals surface area contributed by atoms with Gasteiger partial charge in [0.1, 0.15) is 5.69 Å². The number of nitrogens with two attached hydrogens (primary N) is 1. The number of piperidine rings is 1. The number of carbonyl (C=O) groups excluding carboxylic acids is 1. The Morgan fingerprint density at radius 1 is 1.29 bits per heavy atom. The molecular formula is C11H17Cl2N3O. The summed E-state index contributed by atoms with van der Waals surface area (Å²) in [5.41, 5.74) is 6.30. The van der Waals surface area contributed by atoms with Crippen molar-refractivity contribution in [2.24, 2.45) is 5.73 Å². The van der Waals surface area contributed by atoms with Gasteiger partial charge in [-0.25, -0.2) is 0 Å². The molecule has 2 heterocycles. The van der Waals surface area contributed by atoms with E-state index in [-0.39, 0.29) is 36.8 Å². The lowest BCUT2D eigenvalue weighted by atomic mass is 10.1. The first kappa shape index (κ1) is 16.2. The Labute approximate surface area is 113 Å². The third-order valence-corrected chi connectivity index (χ3v) is 2.71. The van der Waals surface area contributed by atoms with E-state index in [9.17, 15) is 4.79 Å². The minimum Gasteiger partial charge on any atom is -0.337 e. The minimum atomic E-state index is 0.